The molecule has 1 aliphatic heterocycles. The summed E-state index contributed by atoms with van der Waals surface area (Å²) >= 11 is 0. The van der Waals surface area contributed by atoms with Gasteiger partial charge in [0.1, 0.15) is 0 Å². The van der Waals surface area contributed by atoms with Crippen LogP contribution in [-0.2, 0) is 11.2 Å². The number of allylic oxidation sites excluding steroid dienone is 2. The fourth-order valence-electron chi connectivity index (χ4n) is 3.95. The molecule has 2 aliphatic rings. The Morgan fingerprint density at radius 2 is 1.95 bits per heavy atom. The first-order valence-corrected chi connectivity index (χ1v) is 8.29. The molecule has 1 aromatic heterocycles. The predicted molar refractivity (Wildman–Crippen MR) is 88.6 cm³/mol. The van der Waals surface area contributed by atoms with Crippen LogP contribution in [0.5, 0.6) is 0 Å². The Kier molecular flexibility index (Phi) is 3.49. The van der Waals surface area contributed by atoms with E-state index in [4.69, 9.17) is 0 Å². The van der Waals surface area contributed by atoms with Gasteiger partial charge in [-0.25, -0.2) is 0 Å². The molecule has 0 unspecified atom stereocenters. The van der Waals surface area contributed by atoms with Crippen molar-refractivity contribution >= 4 is 16.8 Å². The smallest absolute Gasteiger partial charge is 0.222 e. The number of likely N-dealkylation sites (tertiary alicyclic amines) is 1. The molecule has 4 rings (SSSR count). The largest absolute Gasteiger partial charge is 0.361 e. The van der Waals surface area contributed by atoms with Gasteiger partial charge >= 0.3 is 0 Å². The van der Waals surface area contributed by atoms with E-state index in [9.17, 15) is 4.79 Å². The van der Waals surface area contributed by atoms with Crippen molar-refractivity contribution in [2.24, 2.45) is 11.8 Å². The maximum Gasteiger partial charge on any atom is 0.222 e. The van der Waals surface area contributed by atoms with Crippen LogP contribution in [0.3, 0.4) is 0 Å². The molecule has 0 bridgehead atoms. The fraction of sp³-hybridized carbons (Fsp3) is 0.421. The van der Waals surface area contributed by atoms with Gasteiger partial charge in [-0.2, -0.15) is 0 Å². The molecular formula is C19H22N2O. The Balaban J connectivity index is 1.45. The van der Waals surface area contributed by atoms with Crippen molar-refractivity contribution < 1.29 is 4.79 Å². The van der Waals surface area contributed by atoms with Crippen LogP contribution in [0.4, 0.5) is 0 Å². The van der Waals surface area contributed by atoms with Gasteiger partial charge in [-0.3, -0.25) is 4.79 Å². The van der Waals surface area contributed by atoms with E-state index in [1.807, 2.05) is 6.07 Å². The number of H-pyrrole nitrogens is 1. The summed E-state index contributed by atoms with van der Waals surface area (Å²) < 4.78 is 0. The van der Waals surface area contributed by atoms with Crippen LogP contribution in [0.1, 0.15) is 24.8 Å². The zero-order valence-electron chi connectivity index (χ0n) is 12.8. The topological polar surface area (TPSA) is 36.1 Å². The summed E-state index contributed by atoms with van der Waals surface area (Å²) in [5, 5.41) is 1.28. The van der Waals surface area contributed by atoms with Gasteiger partial charge in [0.05, 0.1) is 0 Å². The van der Waals surface area contributed by atoms with E-state index in [1.54, 1.807) is 0 Å². The van der Waals surface area contributed by atoms with Gasteiger partial charge in [0.25, 0.3) is 0 Å². The first-order chi connectivity index (χ1) is 10.8. The summed E-state index contributed by atoms with van der Waals surface area (Å²) in [6, 6.07) is 8.38. The van der Waals surface area contributed by atoms with E-state index in [0.717, 1.165) is 38.8 Å². The molecular weight excluding hydrogens is 272 g/mol. The van der Waals surface area contributed by atoms with Gasteiger partial charge in [-0.15, -0.1) is 0 Å². The van der Waals surface area contributed by atoms with Gasteiger partial charge in [-0.05, 0) is 42.7 Å². The molecule has 1 N–H and O–H groups in total. The maximum absolute atomic E-state index is 12.4. The van der Waals surface area contributed by atoms with Crippen molar-refractivity contribution in [2.75, 3.05) is 13.1 Å². The van der Waals surface area contributed by atoms with E-state index < -0.39 is 0 Å². The highest BCUT2D eigenvalue weighted by Crippen LogP contribution is 2.33. The molecule has 1 saturated heterocycles. The van der Waals surface area contributed by atoms with Crippen LogP contribution >= 0.6 is 0 Å². The number of para-hydroxylation sites is 1. The van der Waals surface area contributed by atoms with E-state index >= 15 is 0 Å². The van der Waals surface area contributed by atoms with Crippen molar-refractivity contribution in [3.05, 3.63) is 48.2 Å². The summed E-state index contributed by atoms with van der Waals surface area (Å²) in [4.78, 5) is 17.8. The summed E-state index contributed by atoms with van der Waals surface area (Å²) in [7, 11) is 0. The lowest BCUT2D eigenvalue weighted by Crippen LogP contribution is -2.45. The summed E-state index contributed by atoms with van der Waals surface area (Å²) in [6.45, 7) is 1.78. The number of nitrogens with zero attached hydrogens (tertiary/aromatic N) is 1. The minimum atomic E-state index is 0.344. The molecule has 2 heterocycles. The number of piperidine rings is 1. The fourth-order valence-corrected chi connectivity index (χ4v) is 3.95. The standard InChI is InChI=1S/C19H22N2O/c22-19-11-14-5-1-2-6-16(14)13-21(19)10-9-15-12-20-18-8-4-3-7-17(15)18/h1-4,7-8,12,14,16,20H,5-6,9-11,13H2/t14-,16-/m0/s1. The number of carbonyl (C=O) groups is 1. The van der Waals surface area contributed by atoms with Gasteiger partial charge in [0, 0.05) is 36.6 Å². The second-order valence-electron chi connectivity index (χ2n) is 6.62. The highest BCUT2D eigenvalue weighted by Gasteiger charge is 2.33. The molecule has 3 heteroatoms. The molecule has 2 aromatic rings. The van der Waals surface area contributed by atoms with E-state index in [1.165, 1.54) is 16.5 Å². The van der Waals surface area contributed by atoms with E-state index in [-0.39, 0.29) is 0 Å². The lowest BCUT2D eigenvalue weighted by molar-refractivity contribution is -0.137. The second kappa shape index (κ2) is 5.64. The van der Waals surface area contributed by atoms with Gasteiger partial charge in [0.2, 0.25) is 5.91 Å². The summed E-state index contributed by atoms with van der Waals surface area (Å²) in [6.07, 6.45) is 10.5. The molecule has 3 nitrogen and oxygen atoms in total. The van der Waals surface area contributed by atoms with Crippen LogP contribution in [0.15, 0.2) is 42.6 Å². The van der Waals surface area contributed by atoms with E-state index in [2.05, 4.69) is 46.4 Å². The van der Waals surface area contributed by atoms with E-state index in [0.29, 0.717) is 17.7 Å². The zero-order chi connectivity index (χ0) is 14.9. The van der Waals surface area contributed by atoms with Gasteiger partial charge in [0.15, 0.2) is 0 Å². The SMILES string of the molecule is O=C1C[C@@H]2CC=CC[C@H]2CN1CCc1c[nH]c2ccccc12. The Bertz CT molecular complexity index is 715. The number of aromatic amines is 1. The number of fused-ring (bicyclic) bond motifs is 2. The number of rotatable bonds is 3. The minimum absolute atomic E-state index is 0.344. The molecule has 1 aliphatic carbocycles. The highest BCUT2D eigenvalue weighted by molar-refractivity contribution is 5.83. The number of carbonyl (C=O) groups excluding carboxylic acids is 1. The monoisotopic (exact) mass is 294 g/mol. The number of amides is 1. The number of benzene rings is 1. The first-order valence-electron chi connectivity index (χ1n) is 8.29. The molecule has 0 saturated carbocycles. The zero-order valence-corrected chi connectivity index (χ0v) is 12.8. The Labute approximate surface area is 131 Å². The summed E-state index contributed by atoms with van der Waals surface area (Å²) in [5.41, 5.74) is 2.49. The summed E-state index contributed by atoms with van der Waals surface area (Å²) in [5.74, 6) is 1.60. The molecule has 0 spiro atoms. The molecule has 1 amide bonds. The lowest BCUT2D eigenvalue weighted by Gasteiger charge is -2.39. The van der Waals surface area contributed by atoms with Gasteiger partial charge < -0.3 is 9.88 Å². The molecule has 22 heavy (non-hydrogen) atoms. The van der Waals surface area contributed by atoms with Crippen molar-refractivity contribution in [1.82, 2.24) is 9.88 Å². The molecule has 2 atom stereocenters. The highest BCUT2D eigenvalue weighted by atomic mass is 16.2. The number of aromatic nitrogens is 1. The minimum Gasteiger partial charge on any atom is -0.361 e. The first kappa shape index (κ1) is 13.6. The Hall–Kier alpha value is -2.03. The van der Waals surface area contributed by atoms with Crippen molar-refractivity contribution in [1.29, 1.82) is 0 Å². The quantitative estimate of drug-likeness (QED) is 0.864. The van der Waals surface area contributed by atoms with Crippen LogP contribution < -0.4 is 0 Å². The number of hydrogen-bond acceptors (Lipinski definition) is 1. The predicted octanol–water partition coefficient (Wildman–Crippen LogP) is 3.53. The lowest BCUT2D eigenvalue weighted by atomic mass is 9.78. The van der Waals surface area contributed by atoms with Crippen molar-refractivity contribution in [3.8, 4) is 0 Å². The average molecular weight is 294 g/mol. The average Bonchev–Trinajstić information content (AvgIpc) is 2.96. The number of nitrogens with one attached hydrogen (secondary N) is 1. The van der Waals surface area contributed by atoms with Crippen molar-refractivity contribution in [3.63, 3.8) is 0 Å². The molecule has 1 aromatic carbocycles. The van der Waals surface area contributed by atoms with Crippen molar-refractivity contribution in [2.45, 2.75) is 25.7 Å². The molecule has 0 radical (unpaired) electrons. The van der Waals surface area contributed by atoms with Gasteiger partial charge in [-0.1, -0.05) is 30.4 Å². The molecule has 1 fully saturated rings. The van der Waals surface area contributed by atoms with Crippen LogP contribution in [-0.4, -0.2) is 28.9 Å². The number of hydrogen-bond donors (Lipinski definition) is 1. The Morgan fingerprint density at radius 3 is 2.86 bits per heavy atom. The molecule has 114 valence electrons. The third-order valence-corrected chi connectivity index (χ3v) is 5.28. The third-order valence-electron chi connectivity index (χ3n) is 5.28. The second-order valence-corrected chi connectivity index (χ2v) is 6.62. The Morgan fingerprint density at radius 1 is 1.14 bits per heavy atom. The third kappa shape index (κ3) is 2.45. The maximum atomic E-state index is 12.4. The van der Waals surface area contributed by atoms with Crippen LogP contribution in [0, 0.1) is 11.8 Å². The van der Waals surface area contributed by atoms with Crippen LogP contribution in [0.25, 0.3) is 10.9 Å². The normalized spacial score (nSPS) is 24.7. The van der Waals surface area contributed by atoms with Crippen LogP contribution in [0.2, 0.25) is 0 Å².